The van der Waals surface area contributed by atoms with E-state index in [4.69, 9.17) is 0 Å². The maximum Gasteiger partial charge on any atom is 0.0719 e. The van der Waals surface area contributed by atoms with E-state index in [1.807, 2.05) is 0 Å². The molecule has 15 heavy (non-hydrogen) atoms. The highest BCUT2D eigenvalue weighted by Gasteiger charge is 2.45. The number of halogens is 1. The minimum Gasteiger partial charge on any atom is -0.389 e. The van der Waals surface area contributed by atoms with Crippen molar-refractivity contribution in [2.24, 2.45) is 5.92 Å². The predicted octanol–water partition coefficient (Wildman–Crippen LogP) is 3.08. The third-order valence-electron chi connectivity index (χ3n) is 3.83. The summed E-state index contributed by atoms with van der Waals surface area (Å²) in [5, 5.41) is 10.5. The van der Waals surface area contributed by atoms with Crippen LogP contribution in [0.15, 0.2) is 22.7 Å². The molecule has 0 saturated heterocycles. The molecular weight excluding hydrogens is 252 g/mol. The van der Waals surface area contributed by atoms with Crippen LogP contribution in [0.25, 0.3) is 0 Å². The summed E-state index contributed by atoms with van der Waals surface area (Å²) in [6, 6.07) is 6.44. The first kappa shape index (κ1) is 9.86. The Balaban J connectivity index is 1.92. The fraction of sp³-hybridized carbons (Fsp3) is 0.538. The van der Waals surface area contributed by atoms with E-state index in [0.717, 1.165) is 23.7 Å². The molecular formula is C13H15BrO. The Labute approximate surface area is 98.6 Å². The summed E-state index contributed by atoms with van der Waals surface area (Å²) in [4.78, 5) is 0. The first-order valence-corrected chi connectivity index (χ1v) is 6.46. The fourth-order valence-corrected chi connectivity index (χ4v) is 3.15. The van der Waals surface area contributed by atoms with Gasteiger partial charge in [0, 0.05) is 10.9 Å². The summed E-state index contributed by atoms with van der Waals surface area (Å²) < 4.78 is 1.15. The Hall–Kier alpha value is -0.340. The Morgan fingerprint density at radius 2 is 2.07 bits per heavy atom. The summed E-state index contributed by atoms with van der Waals surface area (Å²) in [6.07, 6.45) is 5.29. The first-order chi connectivity index (χ1) is 7.17. The van der Waals surface area contributed by atoms with E-state index in [0.29, 0.717) is 5.92 Å². The van der Waals surface area contributed by atoms with Crippen LogP contribution in [0, 0.1) is 5.92 Å². The van der Waals surface area contributed by atoms with Gasteiger partial charge in [-0.2, -0.15) is 0 Å². The quantitative estimate of drug-likeness (QED) is 0.829. The van der Waals surface area contributed by atoms with Crippen LogP contribution in [0.1, 0.15) is 30.4 Å². The molecule has 2 aliphatic carbocycles. The molecule has 1 aromatic carbocycles. The second-order valence-corrected chi connectivity index (χ2v) is 5.88. The fourth-order valence-electron chi connectivity index (χ4n) is 2.74. The molecule has 0 amide bonds. The molecule has 1 N–H and O–H groups in total. The lowest BCUT2D eigenvalue weighted by Gasteiger charge is -2.33. The van der Waals surface area contributed by atoms with Gasteiger partial charge in [-0.15, -0.1) is 0 Å². The highest BCUT2D eigenvalue weighted by molar-refractivity contribution is 9.10. The van der Waals surface area contributed by atoms with Gasteiger partial charge in [-0.1, -0.05) is 22.0 Å². The van der Waals surface area contributed by atoms with E-state index in [9.17, 15) is 5.11 Å². The molecule has 3 rings (SSSR count). The van der Waals surface area contributed by atoms with Gasteiger partial charge in [-0.25, -0.2) is 0 Å². The molecule has 1 atom stereocenters. The normalized spacial score (nSPS) is 30.0. The molecule has 2 aliphatic rings. The Bertz CT molecular complexity index is 398. The summed E-state index contributed by atoms with van der Waals surface area (Å²) in [5.74, 6) is 0.578. The molecule has 0 heterocycles. The number of rotatable bonds is 1. The summed E-state index contributed by atoms with van der Waals surface area (Å²) in [7, 11) is 0. The Kier molecular flexibility index (Phi) is 2.18. The Morgan fingerprint density at radius 1 is 1.27 bits per heavy atom. The zero-order chi connectivity index (χ0) is 10.5. The lowest BCUT2D eigenvalue weighted by Crippen LogP contribution is -2.37. The molecule has 1 fully saturated rings. The minimum absolute atomic E-state index is 0.388. The van der Waals surface area contributed by atoms with Crippen LogP contribution in [-0.2, 0) is 12.8 Å². The summed E-state index contributed by atoms with van der Waals surface area (Å²) in [5.41, 5.74) is 2.37. The van der Waals surface area contributed by atoms with Crippen LogP contribution < -0.4 is 0 Å². The van der Waals surface area contributed by atoms with Gasteiger partial charge in [0.15, 0.2) is 0 Å². The average Bonchev–Trinajstić information content (AvgIpc) is 3.02. The largest absolute Gasteiger partial charge is 0.389 e. The second-order valence-electron chi connectivity index (χ2n) is 4.97. The van der Waals surface area contributed by atoms with Gasteiger partial charge in [-0.3, -0.25) is 0 Å². The smallest absolute Gasteiger partial charge is 0.0719 e. The van der Waals surface area contributed by atoms with E-state index in [-0.39, 0.29) is 5.60 Å². The molecule has 2 heteroatoms. The molecule has 0 aliphatic heterocycles. The zero-order valence-corrected chi connectivity index (χ0v) is 10.3. The van der Waals surface area contributed by atoms with Gasteiger partial charge >= 0.3 is 0 Å². The predicted molar refractivity (Wildman–Crippen MR) is 63.8 cm³/mol. The monoisotopic (exact) mass is 266 g/mol. The summed E-state index contributed by atoms with van der Waals surface area (Å²) in [6.45, 7) is 0. The maximum absolute atomic E-state index is 10.5. The van der Waals surface area contributed by atoms with Crippen LogP contribution in [0.4, 0.5) is 0 Å². The van der Waals surface area contributed by atoms with E-state index < -0.39 is 0 Å². The number of benzene rings is 1. The number of fused-ring (bicyclic) bond motifs is 1. The van der Waals surface area contributed by atoms with Crippen LogP contribution in [0.5, 0.6) is 0 Å². The molecule has 0 bridgehead atoms. The van der Waals surface area contributed by atoms with Crippen molar-refractivity contribution in [3.8, 4) is 0 Å². The third-order valence-corrected chi connectivity index (χ3v) is 4.32. The highest BCUT2D eigenvalue weighted by Crippen LogP contribution is 2.46. The SMILES string of the molecule is OC1(C2CC2)CCc2cc(Br)ccc2C1. The topological polar surface area (TPSA) is 20.2 Å². The number of aliphatic hydroxyl groups is 1. The van der Waals surface area contributed by atoms with E-state index in [2.05, 4.69) is 34.1 Å². The molecule has 1 saturated carbocycles. The number of hydrogen-bond acceptors (Lipinski definition) is 1. The third kappa shape index (κ3) is 1.74. The molecule has 1 unspecified atom stereocenters. The highest BCUT2D eigenvalue weighted by atomic mass is 79.9. The number of hydrogen-bond donors (Lipinski definition) is 1. The van der Waals surface area contributed by atoms with Gasteiger partial charge in [-0.05, 0) is 54.9 Å². The average molecular weight is 267 g/mol. The standard InChI is InChI=1S/C13H15BrO/c14-12-4-1-10-8-13(15,11-2-3-11)6-5-9(10)7-12/h1,4,7,11,15H,2-3,5-6,8H2. The van der Waals surface area contributed by atoms with E-state index in [1.54, 1.807) is 0 Å². The number of aryl methyl sites for hydroxylation is 1. The van der Waals surface area contributed by atoms with Crippen molar-refractivity contribution < 1.29 is 5.11 Å². The molecule has 0 spiro atoms. The lowest BCUT2D eigenvalue weighted by atomic mass is 9.78. The van der Waals surface area contributed by atoms with E-state index >= 15 is 0 Å². The van der Waals surface area contributed by atoms with E-state index in [1.165, 1.54) is 24.0 Å². The van der Waals surface area contributed by atoms with Crippen molar-refractivity contribution in [1.29, 1.82) is 0 Å². The first-order valence-electron chi connectivity index (χ1n) is 5.67. The Morgan fingerprint density at radius 3 is 2.80 bits per heavy atom. The zero-order valence-electron chi connectivity index (χ0n) is 8.67. The molecule has 80 valence electrons. The van der Waals surface area contributed by atoms with Gasteiger partial charge in [0.25, 0.3) is 0 Å². The van der Waals surface area contributed by atoms with Crippen molar-refractivity contribution >= 4 is 15.9 Å². The molecule has 1 nitrogen and oxygen atoms in total. The minimum atomic E-state index is -0.388. The van der Waals surface area contributed by atoms with Crippen LogP contribution in [0.2, 0.25) is 0 Å². The van der Waals surface area contributed by atoms with Crippen molar-refractivity contribution in [2.45, 2.75) is 37.7 Å². The lowest BCUT2D eigenvalue weighted by molar-refractivity contribution is 0.00426. The van der Waals surface area contributed by atoms with Gasteiger partial charge in [0.05, 0.1) is 5.60 Å². The molecule has 0 radical (unpaired) electrons. The van der Waals surface area contributed by atoms with Crippen molar-refractivity contribution in [2.75, 3.05) is 0 Å². The van der Waals surface area contributed by atoms with Gasteiger partial charge in [0.2, 0.25) is 0 Å². The van der Waals surface area contributed by atoms with Gasteiger partial charge < -0.3 is 5.11 Å². The van der Waals surface area contributed by atoms with Crippen molar-refractivity contribution in [3.05, 3.63) is 33.8 Å². The van der Waals surface area contributed by atoms with Crippen LogP contribution in [-0.4, -0.2) is 10.7 Å². The van der Waals surface area contributed by atoms with Crippen LogP contribution in [0.3, 0.4) is 0 Å². The molecule has 1 aromatic rings. The van der Waals surface area contributed by atoms with Crippen molar-refractivity contribution in [1.82, 2.24) is 0 Å². The molecule has 0 aromatic heterocycles. The van der Waals surface area contributed by atoms with Gasteiger partial charge in [0.1, 0.15) is 0 Å². The summed E-state index contributed by atoms with van der Waals surface area (Å²) >= 11 is 3.50. The second kappa shape index (κ2) is 3.33. The maximum atomic E-state index is 10.5. The van der Waals surface area contributed by atoms with Crippen molar-refractivity contribution in [3.63, 3.8) is 0 Å². The van der Waals surface area contributed by atoms with Crippen LogP contribution >= 0.6 is 15.9 Å².